The van der Waals surface area contributed by atoms with E-state index in [4.69, 9.17) is 4.74 Å². The molecule has 0 spiro atoms. The second kappa shape index (κ2) is 6.41. The number of amides is 1. The lowest BCUT2D eigenvalue weighted by Crippen LogP contribution is -2.56. The van der Waals surface area contributed by atoms with Crippen LogP contribution in [0.3, 0.4) is 0 Å². The molecule has 0 aliphatic carbocycles. The number of ether oxygens (including phenoxy) is 1. The van der Waals surface area contributed by atoms with E-state index in [0.717, 1.165) is 6.20 Å². The van der Waals surface area contributed by atoms with Gasteiger partial charge in [-0.1, -0.05) is 0 Å². The van der Waals surface area contributed by atoms with E-state index in [9.17, 15) is 23.1 Å². The molecule has 1 aliphatic heterocycles. The number of pyridine rings is 1. The van der Waals surface area contributed by atoms with Crippen LogP contribution in [-0.4, -0.2) is 45.7 Å². The molecule has 1 aliphatic rings. The van der Waals surface area contributed by atoms with Gasteiger partial charge >= 0.3 is 6.18 Å². The van der Waals surface area contributed by atoms with E-state index in [1.54, 1.807) is 12.1 Å². The highest BCUT2D eigenvalue weighted by molar-refractivity contribution is 6.05. The Labute approximate surface area is 146 Å². The van der Waals surface area contributed by atoms with Crippen molar-refractivity contribution in [2.45, 2.75) is 18.3 Å². The Morgan fingerprint density at radius 3 is 2.50 bits per heavy atom. The normalized spacial score (nSPS) is 20.0. The van der Waals surface area contributed by atoms with Gasteiger partial charge in [-0.15, -0.1) is 0 Å². The quantitative estimate of drug-likeness (QED) is 0.907. The van der Waals surface area contributed by atoms with Crippen LogP contribution in [-0.2, 0) is 0 Å². The SMILES string of the molecule is COc1ccc(C2=NN(C(=O)c3cccnc3)[C@](O)(C(F)(F)F)C2)cc1. The first kappa shape index (κ1) is 17.9. The molecule has 0 saturated heterocycles. The van der Waals surface area contributed by atoms with Crippen LogP contribution >= 0.6 is 0 Å². The number of nitrogens with zero attached hydrogens (tertiary/aromatic N) is 3. The molecular formula is C17H14F3N3O3. The first-order valence-electron chi connectivity index (χ1n) is 7.52. The Bertz CT molecular complexity index is 838. The van der Waals surface area contributed by atoms with Gasteiger partial charge in [0.1, 0.15) is 5.75 Å². The van der Waals surface area contributed by atoms with Gasteiger partial charge in [-0.3, -0.25) is 9.78 Å². The number of benzene rings is 1. The van der Waals surface area contributed by atoms with E-state index in [0.29, 0.717) is 11.3 Å². The molecule has 0 bridgehead atoms. The van der Waals surface area contributed by atoms with Crippen molar-refractivity contribution in [3.63, 3.8) is 0 Å². The molecule has 9 heteroatoms. The number of carbonyl (C=O) groups is 1. The molecule has 1 atom stereocenters. The molecular weight excluding hydrogens is 351 g/mol. The monoisotopic (exact) mass is 365 g/mol. The van der Waals surface area contributed by atoms with Gasteiger partial charge < -0.3 is 9.84 Å². The van der Waals surface area contributed by atoms with Crippen LogP contribution in [0.4, 0.5) is 13.2 Å². The number of hydrogen-bond acceptors (Lipinski definition) is 5. The minimum Gasteiger partial charge on any atom is -0.497 e. The lowest BCUT2D eigenvalue weighted by molar-refractivity contribution is -0.297. The summed E-state index contributed by atoms with van der Waals surface area (Å²) in [6.45, 7) is 0. The summed E-state index contributed by atoms with van der Waals surface area (Å²) < 4.78 is 45.6. The zero-order chi connectivity index (χ0) is 18.9. The van der Waals surface area contributed by atoms with Crippen molar-refractivity contribution in [1.82, 2.24) is 9.99 Å². The summed E-state index contributed by atoms with van der Waals surface area (Å²) in [6, 6.07) is 8.82. The highest BCUT2D eigenvalue weighted by Gasteiger charge is 2.63. The van der Waals surface area contributed by atoms with Crippen LogP contribution in [0.5, 0.6) is 5.75 Å². The van der Waals surface area contributed by atoms with E-state index < -0.39 is 24.2 Å². The Balaban J connectivity index is 2.02. The van der Waals surface area contributed by atoms with Gasteiger partial charge in [-0.25, -0.2) is 0 Å². The largest absolute Gasteiger partial charge is 0.497 e. The van der Waals surface area contributed by atoms with Crippen molar-refractivity contribution in [2.75, 3.05) is 7.11 Å². The standard InChI is InChI=1S/C17H14F3N3O3/c1-26-13-6-4-11(5-7-13)14-9-16(25,17(18,19)20)23(22-14)15(24)12-3-2-8-21-10-12/h2-8,10,25H,9H2,1H3/t16-/m1/s1. The van der Waals surface area contributed by atoms with E-state index in [1.165, 1.54) is 37.6 Å². The molecule has 0 unspecified atom stereocenters. The molecule has 136 valence electrons. The van der Waals surface area contributed by atoms with E-state index in [1.807, 2.05) is 0 Å². The lowest BCUT2D eigenvalue weighted by Gasteiger charge is -2.32. The topological polar surface area (TPSA) is 75.0 Å². The van der Waals surface area contributed by atoms with Gasteiger partial charge in [0.25, 0.3) is 11.6 Å². The molecule has 0 radical (unpaired) electrons. The first-order chi connectivity index (χ1) is 12.3. The summed E-state index contributed by atoms with van der Waals surface area (Å²) in [4.78, 5) is 16.2. The Morgan fingerprint density at radius 2 is 1.96 bits per heavy atom. The molecule has 2 heterocycles. The molecule has 1 amide bonds. The number of hydrazone groups is 1. The Kier molecular flexibility index (Phi) is 4.41. The van der Waals surface area contributed by atoms with Crippen LogP contribution in [0.25, 0.3) is 0 Å². The summed E-state index contributed by atoms with van der Waals surface area (Å²) >= 11 is 0. The minimum absolute atomic E-state index is 0.0651. The van der Waals surface area contributed by atoms with Gasteiger partial charge in [0.05, 0.1) is 24.8 Å². The van der Waals surface area contributed by atoms with E-state index >= 15 is 0 Å². The summed E-state index contributed by atoms with van der Waals surface area (Å²) in [5.74, 6) is -0.580. The number of aliphatic hydroxyl groups is 1. The lowest BCUT2D eigenvalue weighted by atomic mass is 10.0. The third kappa shape index (κ3) is 3.01. The fourth-order valence-electron chi connectivity index (χ4n) is 2.54. The van der Waals surface area contributed by atoms with Crippen LogP contribution in [0.1, 0.15) is 22.3 Å². The van der Waals surface area contributed by atoms with Gasteiger partial charge in [-0.05, 0) is 42.0 Å². The maximum absolute atomic E-state index is 13.5. The summed E-state index contributed by atoms with van der Waals surface area (Å²) in [5.41, 5.74) is -3.27. The fraction of sp³-hybridized carbons (Fsp3) is 0.235. The molecule has 3 rings (SSSR count). The predicted octanol–water partition coefficient (Wildman–Crippen LogP) is 2.59. The van der Waals surface area contributed by atoms with Crippen molar-refractivity contribution in [3.05, 3.63) is 59.9 Å². The predicted molar refractivity (Wildman–Crippen MR) is 85.6 cm³/mol. The highest BCUT2D eigenvalue weighted by Crippen LogP contribution is 2.42. The zero-order valence-electron chi connectivity index (χ0n) is 13.6. The summed E-state index contributed by atoms with van der Waals surface area (Å²) in [5, 5.41) is 14.1. The molecule has 0 saturated carbocycles. The number of hydrogen-bond donors (Lipinski definition) is 1. The number of halogens is 3. The molecule has 2 aromatic rings. The Morgan fingerprint density at radius 1 is 1.27 bits per heavy atom. The van der Waals surface area contributed by atoms with Crippen molar-refractivity contribution >= 4 is 11.6 Å². The van der Waals surface area contributed by atoms with E-state index in [-0.39, 0.29) is 16.3 Å². The molecule has 1 N–H and O–H groups in total. The zero-order valence-corrected chi connectivity index (χ0v) is 13.6. The molecule has 26 heavy (non-hydrogen) atoms. The number of alkyl halides is 3. The molecule has 6 nitrogen and oxygen atoms in total. The number of rotatable bonds is 3. The third-order valence-electron chi connectivity index (χ3n) is 3.96. The maximum atomic E-state index is 13.5. The van der Waals surface area contributed by atoms with Crippen LogP contribution < -0.4 is 4.74 Å². The third-order valence-corrected chi connectivity index (χ3v) is 3.96. The van der Waals surface area contributed by atoms with Crippen LogP contribution in [0.2, 0.25) is 0 Å². The van der Waals surface area contributed by atoms with Gasteiger partial charge in [-0.2, -0.15) is 23.3 Å². The average Bonchev–Trinajstić information content (AvgIpc) is 3.01. The van der Waals surface area contributed by atoms with Gasteiger partial charge in [0, 0.05) is 12.4 Å². The summed E-state index contributed by atoms with van der Waals surface area (Å²) in [7, 11) is 1.46. The van der Waals surface area contributed by atoms with Crippen molar-refractivity contribution in [2.24, 2.45) is 5.10 Å². The second-order valence-electron chi connectivity index (χ2n) is 5.62. The molecule has 1 aromatic carbocycles. The van der Waals surface area contributed by atoms with Crippen molar-refractivity contribution < 1.29 is 27.8 Å². The fourth-order valence-corrected chi connectivity index (χ4v) is 2.54. The number of aromatic nitrogens is 1. The van der Waals surface area contributed by atoms with Gasteiger partial charge in [0.2, 0.25) is 0 Å². The minimum atomic E-state index is -5.09. The molecule has 1 aromatic heterocycles. The smallest absolute Gasteiger partial charge is 0.438 e. The number of carbonyl (C=O) groups excluding carboxylic acids is 1. The van der Waals surface area contributed by atoms with Crippen LogP contribution in [0.15, 0.2) is 53.9 Å². The molecule has 0 fully saturated rings. The first-order valence-corrected chi connectivity index (χ1v) is 7.52. The summed E-state index contributed by atoms with van der Waals surface area (Å²) in [6.07, 6.45) is -3.49. The van der Waals surface area contributed by atoms with Crippen molar-refractivity contribution in [3.8, 4) is 5.75 Å². The van der Waals surface area contributed by atoms with E-state index in [2.05, 4.69) is 10.1 Å². The van der Waals surface area contributed by atoms with Gasteiger partial charge in [0.15, 0.2) is 0 Å². The number of methoxy groups -OCH3 is 1. The Hall–Kier alpha value is -2.94. The second-order valence-corrected chi connectivity index (χ2v) is 5.62. The van der Waals surface area contributed by atoms with Crippen molar-refractivity contribution in [1.29, 1.82) is 0 Å². The van der Waals surface area contributed by atoms with Crippen LogP contribution in [0, 0.1) is 0 Å². The highest BCUT2D eigenvalue weighted by atomic mass is 19.4. The maximum Gasteiger partial charge on any atom is 0.438 e. The average molecular weight is 365 g/mol.